The summed E-state index contributed by atoms with van der Waals surface area (Å²) >= 11 is 0. The second-order valence-electron chi connectivity index (χ2n) is 6.70. The van der Waals surface area contributed by atoms with Crippen LogP contribution in [0.2, 0.25) is 0 Å². The maximum atomic E-state index is 11.6. The number of imide groups is 1. The highest BCUT2D eigenvalue weighted by molar-refractivity contribution is 6.01. The van der Waals surface area contributed by atoms with Gasteiger partial charge in [0.1, 0.15) is 0 Å². The molecule has 0 aromatic heterocycles. The van der Waals surface area contributed by atoms with Crippen LogP contribution >= 0.6 is 0 Å². The van der Waals surface area contributed by atoms with Gasteiger partial charge in [-0.25, -0.2) is 4.79 Å². The van der Waals surface area contributed by atoms with Gasteiger partial charge in [-0.05, 0) is 6.42 Å². The average molecular weight is 446 g/mol. The van der Waals surface area contributed by atoms with Gasteiger partial charge in [-0.1, -0.05) is 13.3 Å². The predicted octanol–water partition coefficient (Wildman–Crippen LogP) is 0.357. The van der Waals surface area contributed by atoms with E-state index in [4.69, 9.17) is 23.8 Å². The quantitative estimate of drug-likeness (QED) is 0.221. The third-order valence-electron chi connectivity index (χ3n) is 4.09. The van der Waals surface area contributed by atoms with E-state index in [2.05, 4.69) is 5.32 Å². The maximum Gasteiger partial charge on any atom is 0.335 e. The largest absolute Gasteiger partial charge is 0.378 e. The third-order valence-corrected chi connectivity index (χ3v) is 4.09. The Bertz CT molecular complexity index is 541. The molecule has 1 saturated heterocycles. The SMILES string of the molecule is CCCCC(=O)NCCOCCOCCOCCOCCC(=O)ON1C(=O)CCC1=O. The van der Waals surface area contributed by atoms with E-state index in [0.29, 0.717) is 64.3 Å². The number of unbranched alkanes of at least 4 members (excludes halogenated alkanes) is 1. The van der Waals surface area contributed by atoms with E-state index in [-0.39, 0.29) is 31.8 Å². The summed E-state index contributed by atoms with van der Waals surface area (Å²) in [6.45, 7) is 5.43. The fourth-order valence-corrected chi connectivity index (χ4v) is 2.41. The van der Waals surface area contributed by atoms with Crippen molar-refractivity contribution in [1.29, 1.82) is 0 Å². The molecule has 0 bridgehead atoms. The number of carbonyl (C=O) groups is 4. The van der Waals surface area contributed by atoms with Gasteiger partial charge in [0.2, 0.25) is 5.91 Å². The molecule has 0 atom stereocenters. The van der Waals surface area contributed by atoms with E-state index >= 15 is 0 Å². The van der Waals surface area contributed by atoms with Gasteiger partial charge in [0.25, 0.3) is 11.8 Å². The van der Waals surface area contributed by atoms with Crippen LogP contribution in [0.15, 0.2) is 0 Å². The number of rotatable bonds is 19. The smallest absolute Gasteiger partial charge is 0.335 e. The Balaban J connectivity index is 1.79. The molecule has 1 rings (SSSR count). The lowest BCUT2D eigenvalue weighted by Gasteiger charge is -2.12. The summed E-state index contributed by atoms with van der Waals surface area (Å²) < 4.78 is 21.3. The molecule has 0 saturated carbocycles. The molecule has 31 heavy (non-hydrogen) atoms. The lowest BCUT2D eigenvalue weighted by Crippen LogP contribution is -2.32. The Morgan fingerprint density at radius 3 is 1.87 bits per heavy atom. The van der Waals surface area contributed by atoms with Crippen molar-refractivity contribution in [2.24, 2.45) is 0 Å². The fourth-order valence-electron chi connectivity index (χ4n) is 2.41. The number of nitrogens with zero attached hydrogens (tertiary/aromatic N) is 1. The Morgan fingerprint density at radius 1 is 0.806 bits per heavy atom. The molecule has 11 heteroatoms. The first-order valence-electron chi connectivity index (χ1n) is 10.7. The van der Waals surface area contributed by atoms with Crippen LogP contribution in [-0.2, 0) is 43.0 Å². The van der Waals surface area contributed by atoms with Crippen LogP contribution in [0, 0.1) is 0 Å². The molecule has 11 nitrogen and oxygen atoms in total. The first-order valence-corrected chi connectivity index (χ1v) is 10.7. The van der Waals surface area contributed by atoms with Gasteiger partial charge >= 0.3 is 5.97 Å². The Labute approximate surface area is 182 Å². The fraction of sp³-hybridized carbons (Fsp3) is 0.800. The van der Waals surface area contributed by atoms with Crippen LogP contribution in [0.4, 0.5) is 0 Å². The summed E-state index contributed by atoms with van der Waals surface area (Å²) in [4.78, 5) is 50.3. The predicted molar refractivity (Wildman–Crippen MR) is 108 cm³/mol. The minimum Gasteiger partial charge on any atom is -0.378 e. The zero-order chi connectivity index (χ0) is 22.7. The molecule has 1 aliphatic rings. The summed E-state index contributed by atoms with van der Waals surface area (Å²) in [5, 5.41) is 3.31. The number of amides is 3. The van der Waals surface area contributed by atoms with Gasteiger partial charge in [-0.15, -0.1) is 5.06 Å². The molecule has 1 fully saturated rings. The summed E-state index contributed by atoms with van der Waals surface area (Å²) in [5.41, 5.74) is 0. The van der Waals surface area contributed by atoms with E-state index in [1.807, 2.05) is 6.92 Å². The van der Waals surface area contributed by atoms with Crippen molar-refractivity contribution >= 4 is 23.7 Å². The van der Waals surface area contributed by atoms with Crippen molar-refractivity contribution in [1.82, 2.24) is 10.4 Å². The summed E-state index contributed by atoms with van der Waals surface area (Å²) in [6.07, 6.45) is 2.52. The molecular weight excluding hydrogens is 412 g/mol. The highest BCUT2D eigenvalue weighted by Crippen LogP contribution is 2.12. The number of nitrogens with one attached hydrogen (secondary N) is 1. The zero-order valence-electron chi connectivity index (χ0n) is 18.2. The molecular formula is C20H34N2O9. The molecule has 178 valence electrons. The molecule has 3 amide bonds. The molecule has 0 radical (unpaired) electrons. The number of carbonyl (C=O) groups excluding carboxylic acids is 4. The molecule has 0 spiro atoms. The van der Waals surface area contributed by atoms with E-state index in [1.165, 1.54) is 0 Å². The van der Waals surface area contributed by atoms with Crippen molar-refractivity contribution in [2.75, 3.05) is 59.4 Å². The average Bonchev–Trinajstić information content (AvgIpc) is 3.06. The van der Waals surface area contributed by atoms with Crippen molar-refractivity contribution in [2.45, 2.75) is 45.4 Å². The highest BCUT2D eigenvalue weighted by atomic mass is 16.7. The van der Waals surface area contributed by atoms with E-state index in [1.54, 1.807) is 0 Å². The van der Waals surface area contributed by atoms with Crippen LogP contribution in [0.1, 0.15) is 45.4 Å². The molecule has 0 aromatic rings. The molecule has 0 unspecified atom stereocenters. The molecule has 1 N–H and O–H groups in total. The summed E-state index contributed by atoms with van der Waals surface area (Å²) in [6, 6.07) is 0. The van der Waals surface area contributed by atoms with Crippen LogP contribution in [-0.4, -0.2) is 88.2 Å². The first-order chi connectivity index (χ1) is 15.0. The second kappa shape index (κ2) is 17.6. The van der Waals surface area contributed by atoms with Crippen molar-refractivity contribution in [3.8, 4) is 0 Å². The Morgan fingerprint density at radius 2 is 1.32 bits per heavy atom. The van der Waals surface area contributed by atoms with Gasteiger partial charge in [-0.3, -0.25) is 14.4 Å². The molecule has 0 aliphatic carbocycles. The van der Waals surface area contributed by atoms with Crippen molar-refractivity contribution in [3.63, 3.8) is 0 Å². The zero-order valence-corrected chi connectivity index (χ0v) is 18.2. The summed E-state index contributed by atoms with van der Waals surface area (Å²) in [5.74, 6) is -1.66. The highest BCUT2D eigenvalue weighted by Gasteiger charge is 2.32. The lowest BCUT2D eigenvalue weighted by molar-refractivity contribution is -0.198. The molecule has 1 aliphatic heterocycles. The van der Waals surface area contributed by atoms with Crippen LogP contribution in [0.3, 0.4) is 0 Å². The third kappa shape index (κ3) is 13.8. The van der Waals surface area contributed by atoms with E-state index in [0.717, 1.165) is 12.8 Å². The topological polar surface area (TPSA) is 130 Å². The Kier molecular flexibility index (Phi) is 15.3. The van der Waals surface area contributed by atoms with Crippen LogP contribution in [0.5, 0.6) is 0 Å². The lowest BCUT2D eigenvalue weighted by atomic mass is 10.2. The summed E-state index contributed by atoms with van der Waals surface area (Å²) in [7, 11) is 0. The molecule has 0 aromatic carbocycles. The normalized spacial score (nSPS) is 13.6. The van der Waals surface area contributed by atoms with E-state index in [9.17, 15) is 19.2 Å². The number of ether oxygens (including phenoxy) is 4. The van der Waals surface area contributed by atoms with E-state index < -0.39 is 17.8 Å². The second-order valence-corrected chi connectivity index (χ2v) is 6.70. The standard InChI is InChI=1S/C20H34N2O9/c1-2-3-4-17(23)21-8-10-28-12-14-30-16-15-29-13-11-27-9-7-20(26)31-22-18(24)5-6-19(22)25/h2-16H2,1H3,(H,21,23). The number of hydroxylamine groups is 2. The van der Waals surface area contributed by atoms with Crippen LogP contribution < -0.4 is 5.32 Å². The minimum absolute atomic E-state index is 0.0535. The van der Waals surface area contributed by atoms with Gasteiger partial charge in [0.15, 0.2) is 0 Å². The van der Waals surface area contributed by atoms with Crippen molar-refractivity contribution in [3.05, 3.63) is 0 Å². The van der Waals surface area contributed by atoms with Gasteiger partial charge in [-0.2, -0.15) is 0 Å². The van der Waals surface area contributed by atoms with Gasteiger partial charge in [0, 0.05) is 25.8 Å². The maximum absolute atomic E-state index is 11.6. The number of hydrogen-bond acceptors (Lipinski definition) is 9. The monoisotopic (exact) mass is 446 g/mol. The van der Waals surface area contributed by atoms with Crippen LogP contribution in [0.25, 0.3) is 0 Å². The van der Waals surface area contributed by atoms with Gasteiger partial charge in [0.05, 0.1) is 59.3 Å². The van der Waals surface area contributed by atoms with Gasteiger partial charge < -0.3 is 29.1 Å². The molecule has 1 heterocycles. The van der Waals surface area contributed by atoms with Crippen molar-refractivity contribution < 1.29 is 43.0 Å². The first kappa shape index (κ1) is 27.0. The minimum atomic E-state index is -0.695. The number of hydrogen-bond donors (Lipinski definition) is 1. The Hall–Kier alpha value is -2.08.